The number of carbonyl (C=O) groups is 1. The first-order valence-electron chi connectivity index (χ1n) is 10.1. The van der Waals surface area contributed by atoms with Crippen molar-refractivity contribution in [1.29, 1.82) is 0 Å². The highest BCUT2D eigenvalue weighted by atomic mass is 35.5. The molecule has 3 heterocycles. The van der Waals surface area contributed by atoms with Crippen LogP contribution >= 0.6 is 34.5 Å². The molecule has 1 aliphatic rings. The molecule has 0 aliphatic carbocycles. The van der Waals surface area contributed by atoms with Crippen LogP contribution in [0.5, 0.6) is 0 Å². The zero-order valence-electron chi connectivity index (χ0n) is 16.6. The van der Waals surface area contributed by atoms with Crippen LogP contribution in [0.3, 0.4) is 0 Å². The van der Waals surface area contributed by atoms with Crippen molar-refractivity contribution in [2.75, 3.05) is 18.4 Å². The van der Waals surface area contributed by atoms with Crippen LogP contribution in [-0.4, -0.2) is 28.5 Å². The van der Waals surface area contributed by atoms with Crippen LogP contribution < -0.4 is 10.6 Å². The van der Waals surface area contributed by atoms with Gasteiger partial charge in [-0.15, -0.1) is 11.3 Å². The average molecular weight is 471 g/mol. The van der Waals surface area contributed by atoms with E-state index < -0.39 is 0 Å². The van der Waals surface area contributed by atoms with Gasteiger partial charge in [-0.3, -0.25) is 4.79 Å². The molecular formula is C23H20Cl2N4OS. The summed E-state index contributed by atoms with van der Waals surface area (Å²) in [5.41, 5.74) is 5.09. The molecule has 0 spiro atoms. The predicted octanol–water partition coefficient (Wildman–Crippen LogP) is 5.40. The standard InChI is InChI=1S/C23H20Cl2N4OS/c24-17-7-6-16-15-8-10-26-11-9-19(15)29(22(16)21(17)25)12-20(30)28-23-27-18(13-31-23)14-4-2-1-3-5-14/h1-7,13,26H,8-12H2,(H,27,28,30). The van der Waals surface area contributed by atoms with Crippen molar-refractivity contribution in [2.45, 2.75) is 19.4 Å². The van der Waals surface area contributed by atoms with E-state index >= 15 is 0 Å². The van der Waals surface area contributed by atoms with E-state index in [0.29, 0.717) is 15.2 Å². The molecule has 8 heteroatoms. The first-order chi connectivity index (χ1) is 15.1. The molecular weight excluding hydrogens is 451 g/mol. The first-order valence-corrected chi connectivity index (χ1v) is 11.7. The summed E-state index contributed by atoms with van der Waals surface area (Å²) >= 11 is 14.3. The molecule has 0 atom stereocenters. The quantitative estimate of drug-likeness (QED) is 0.419. The van der Waals surface area contributed by atoms with Gasteiger partial charge in [0, 0.05) is 35.0 Å². The Kier molecular flexibility index (Phi) is 5.71. The van der Waals surface area contributed by atoms with Gasteiger partial charge in [0.25, 0.3) is 0 Å². The lowest BCUT2D eigenvalue weighted by molar-refractivity contribution is -0.116. The number of fused-ring (bicyclic) bond motifs is 3. The van der Waals surface area contributed by atoms with Gasteiger partial charge < -0.3 is 15.2 Å². The number of aromatic nitrogens is 2. The number of benzene rings is 2. The third-order valence-electron chi connectivity index (χ3n) is 5.55. The van der Waals surface area contributed by atoms with Crippen molar-refractivity contribution in [3.05, 3.63) is 69.1 Å². The molecule has 5 nitrogen and oxygen atoms in total. The van der Waals surface area contributed by atoms with Crippen LogP contribution in [0, 0.1) is 0 Å². The van der Waals surface area contributed by atoms with Gasteiger partial charge >= 0.3 is 0 Å². The lowest BCUT2D eigenvalue weighted by Crippen LogP contribution is -2.21. The summed E-state index contributed by atoms with van der Waals surface area (Å²) < 4.78 is 2.02. The maximum atomic E-state index is 13.0. The predicted molar refractivity (Wildman–Crippen MR) is 128 cm³/mol. The Balaban J connectivity index is 1.45. The lowest BCUT2D eigenvalue weighted by atomic mass is 10.1. The van der Waals surface area contributed by atoms with E-state index in [2.05, 4.69) is 15.6 Å². The van der Waals surface area contributed by atoms with Crippen LogP contribution in [-0.2, 0) is 24.2 Å². The molecule has 2 aromatic carbocycles. The first kappa shape index (κ1) is 20.5. The third-order valence-corrected chi connectivity index (χ3v) is 7.10. The molecule has 0 bridgehead atoms. The smallest absolute Gasteiger partial charge is 0.246 e. The molecule has 0 unspecified atom stereocenters. The number of rotatable bonds is 4. The highest BCUT2D eigenvalue weighted by molar-refractivity contribution is 7.14. The number of anilines is 1. The fourth-order valence-electron chi connectivity index (χ4n) is 4.16. The Labute approximate surface area is 194 Å². The Bertz CT molecular complexity index is 1270. The number of amides is 1. The third kappa shape index (κ3) is 3.96. The van der Waals surface area contributed by atoms with Gasteiger partial charge in [-0.25, -0.2) is 4.98 Å². The van der Waals surface area contributed by atoms with Crippen molar-refractivity contribution < 1.29 is 4.79 Å². The van der Waals surface area contributed by atoms with E-state index in [4.69, 9.17) is 23.2 Å². The van der Waals surface area contributed by atoms with Crippen molar-refractivity contribution in [3.63, 3.8) is 0 Å². The number of halogens is 2. The second-order valence-electron chi connectivity index (χ2n) is 7.47. The molecule has 0 saturated carbocycles. The maximum Gasteiger partial charge on any atom is 0.246 e. The van der Waals surface area contributed by atoms with E-state index in [-0.39, 0.29) is 12.5 Å². The largest absolute Gasteiger partial charge is 0.334 e. The topological polar surface area (TPSA) is 59.0 Å². The molecule has 158 valence electrons. The zero-order chi connectivity index (χ0) is 21.4. The van der Waals surface area contributed by atoms with Gasteiger partial charge in [-0.05, 0) is 24.6 Å². The van der Waals surface area contributed by atoms with Crippen LogP contribution in [0.2, 0.25) is 10.0 Å². The van der Waals surface area contributed by atoms with E-state index in [1.165, 1.54) is 16.9 Å². The Morgan fingerprint density at radius 3 is 2.77 bits per heavy atom. The minimum atomic E-state index is -0.137. The molecule has 5 rings (SSSR count). The van der Waals surface area contributed by atoms with E-state index in [9.17, 15) is 4.79 Å². The molecule has 0 saturated heterocycles. The van der Waals surface area contributed by atoms with Crippen LogP contribution in [0.15, 0.2) is 47.8 Å². The summed E-state index contributed by atoms with van der Waals surface area (Å²) in [6.45, 7) is 1.93. The summed E-state index contributed by atoms with van der Waals surface area (Å²) in [5, 5.41) is 11.0. The SMILES string of the molecule is O=C(Cn1c2c(c3ccc(Cl)c(Cl)c31)CCNCC2)Nc1nc(-c2ccccc2)cs1. The molecule has 1 amide bonds. The summed E-state index contributed by atoms with van der Waals surface area (Å²) in [6.07, 6.45) is 1.73. The number of nitrogens with zero attached hydrogens (tertiary/aromatic N) is 2. The molecule has 31 heavy (non-hydrogen) atoms. The van der Waals surface area contributed by atoms with Crippen LogP contribution in [0.1, 0.15) is 11.3 Å². The second kappa shape index (κ2) is 8.63. The Hall–Kier alpha value is -2.38. The van der Waals surface area contributed by atoms with Crippen molar-refractivity contribution in [3.8, 4) is 11.3 Å². The van der Waals surface area contributed by atoms with E-state index in [1.807, 2.05) is 52.4 Å². The van der Waals surface area contributed by atoms with Gasteiger partial charge in [-0.1, -0.05) is 59.6 Å². The molecule has 0 radical (unpaired) electrons. The maximum absolute atomic E-state index is 13.0. The van der Waals surface area contributed by atoms with Gasteiger partial charge in [0.1, 0.15) is 6.54 Å². The molecule has 2 aromatic heterocycles. The summed E-state index contributed by atoms with van der Waals surface area (Å²) in [6, 6.07) is 13.8. The van der Waals surface area contributed by atoms with Crippen LogP contribution in [0.25, 0.3) is 22.2 Å². The monoisotopic (exact) mass is 470 g/mol. The van der Waals surface area contributed by atoms with Gasteiger partial charge in [0.15, 0.2) is 5.13 Å². The normalized spacial score (nSPS) is 13.7. The fraction of sp³-hybridized carbons (Fsp3) is 0.217. The minimum Gasteiger partial charge on any atom is -0.334 e. The summed E-state index contributed by atoms with van der Waals surface area (Å²) in [5.74, 6) is -0.137. The van der Waals surface area contributed by atoms with E-state index in [0.717, 1.165) is 53.8 Å². The number of carbonyl (C=O) groups excluding carboxylic acids is 1. The second-order valence-corrected chi connectivity index (χ2v) is 9.11. The number of thiazole rings is 1. The molecule has 0 fully saturated rings. The average Bonchev–Trinajstić information content (AvgIpc) is 3.25. The Morgan fingerprint density at radius 1 is 1.13 bits per heavy atom. The Morgan fingerprint density at radius 2 is 1.94 bits per heavy atom. The zero-order valence-corrected chi connectivity index (χ0v) is 18.9. The summed E-state index contributed by atoms with van der Waals surface area (Å²) in [4.78, 5) is 17.5. The van der Waals surface area contributed by atoms with Crippen molar-refractivity contribution >= 4 is 56.5 Å². The van der Waals surface area contributed by atoms with E-state index in [1.54, 1.807) is 0 Å². The highest BCUT2D eigenvalue weighted by Crippen LogP contribution is 2.37. The van der Waals surface area contributed by atoms with Gasteiger partial charge in [0.05, 0.1) is 21.3 Å². The van der Waals surface area contributed by atoms with Crippen LogP contribution in [0.4, 0.5) is 5.13 Å². The van der Waals surface area contributed by atoms with Crippen molar-refractivity contribution in [1.82, 2.24) is 14.9 Å². The highest BCUT2D eigenvalue weighted by Gasteiger charge is 2.23. The van der Waals surface area contributed by atoms with Crippen molar-refractivity contribution in [2.24, 2.45) is 0 Å². The molecule has 1 aliphatic heterocycles. The summed E-state index contributed by atoms with van der Waals surface area (Å²) in [7, 11) is 0. The lowest BCUT2D eigenvalue weighted by Gasteiger charge is -2.12. The number of hydrogen-bond acceptors (Lipinski definition) is 4. The fourth-order valence-corrected chi connectivity index (χ4v) is 5.32. The molecule has 4 aromatic rings. The minimum absolute atomic E-state index is 0.137. The van der Waals surface area contributed by atoms with Gasteiger partial charge in [0.2, 0.25) is 5.91 Å². The number of nitrogens with one attached hydrogen (secondary N) is 2. The van der Waals surface area contributed by atoms with Gasteiger partial charge in [-0.2, -0.15) is 0 Å². The molecule has 2 N–H and O–H groups in total. The number of hydrogen-bond donors (Lipinski definition) is 2.